The molecule has 0 aliphatic carbocycles. The molecule has 0 saturated heterocycles. The van der Waals surface area contributed by atoms with Crippen molar-refractivity contribution >= 4 is 0 Å². The molecule has 0 aromatic carbocycles. The maximum absolute atomic E-state index is 5.66. The van der Waals surface area contributed by atoms with Crippen molar-refractivity contribution in [3.63, 3.8) is 0 Å². The molecule has 2 aromatic heterocycles. The highest BCUT2D eigenvalue weighted by Crippen LogP contribution is 2.21. The fraction of sp³-hybridized carbons (Fsp3) is 0.533. The van der Waals surface area contributed by atoms with Crippen LogP contribution in [0.15, 0.2) is 29.0 Å². The lowest BCUT2D eigenvalue weighted by Gasteiger charge is -2.18. The van der Waals surface area contributed by atoms with Gasteiger partial charge in [0.15, 0.2) is 0 Å². The van der Waals surface area contributed by atoms with E-state index in [1.807, 2.05) is 12.1 Å². The number of aryl methyl sites for hydroxylation is 1. The summed E-state index contributed by atoms with van der Waals surface area (Å²) in [6, 6.07) is 3.75. The Labute approximate surface area is 119 Å². The summed E-state index contributed by atoms with van der Waals surface area (Å²) in [4.78, 5) is 8.41. The van der Waals surface area contributed by atoms with Gasteiger partial charge >= 0.3 is 0 Å². The van der Waals surface area contributed by atoms with E-state index in [1.165, 1.54) is 0 Å². The van der Waals surface area contributed by atoms with Crippen molar-refractivity contribution in [3.8, 4) is 11.4 Å². The molecule has 0 amide bonds. The van der Waals surface area contributed by atoms with Gasteiger partial charge in [0, 0.05) is 24.4 Å². The largest absolute Gasteiger partial charge is 0.339 e. The fourth-order valence-electron chi connectivity index (χ4n) is 2.31. The number of nitrogens with two attached hydrogens (primary N) is 1. The lowest BCUT2D eigenvalue weighted by molar-refractivity contribution is 0.313. The highest BCUT2D eigenvalue weighted by molar-refractivity contribution is 5.52. The molecule has 2 rings (SSSR count). The van der Waals surface area contributed by atoms with Crippen LogP contribution < -0.4 is 5.73 Å². The monoisotopic (exact) mass is 274 g/mol. The SMILES string of the molecule is CC(C)C(CCN)CCc1nc(-c2ccncc2)no1. The van der Waals surface area contributed by atoms with E-state index in [4.69, 9.17) is 10.3 Å². The molecule has 0 radical (unpaired) electrons. The van der Waals surface area contributed by atoms with Crippen LogP contribution >= 0.6 is 0 Å². The molecule has 2 heterocycles. The first-order chi connectivity index (χ1) is 9.70. The molecule has 0 aliphatic heterocycles. The number of aromatic nitrogens is 3. The second-order valence-electron chi connectivity index (χ2n) is 5.37. The van der Waals surface area contributed by atoms with Gasteiger partial charge in [0.1, 0.15) is 0 Å². The maximum Gasteiger partial charge on any atom is 0.226 e. The van der Waals surface area contributed by atoms with Crippen molar-refractivity contribution in [3.05, 3.63) is 30.4 Å². The Balaban J connectivity index is 1.96. The molecule has 0 aliphatic rings. The summed E-state index contributed by atoms with van der Waals surface area (Å²) in [5, 5.41) is 4.02. The van der Waals surface area contributed by atoms with Crippen LogP contribution in [0.4, 0.5) is 0 Å². The third-order valence-electron chi connectivity index (χ3n) is 3.62. The van der Waals surface area contributed by atoms with Gasteiger partial charge in [0.25, 0.3) is 0 Å². The molecule has 0 spiro atoms. The summed E-state index contributed by atoms with van der Waals surface area (Å²) < 4.78 is 5.31. The van der Waals surface area contributed by atoms with Gasteiger partial charge in [-0.1, -0.05) is 19.0 Å². The third kappa shape index (κ3) is 3.87. The molecule has 20 heavy (non-hydrogen) atoms. The molecule has 2 aromatic rings. The molecule has 108 valence electrons. The van der Waals surface area contributed by atoms with E-state index in [0.717, 1.165) is 31.4 Å². The highest BCUT2D eigenvalue weighted by Gasteiger charge is 2.15. The maximum atomic E-state index is 5.66. The summed E-state index contributed by atoms with van der Waals surface area (Å²) in [7, 11) is 0. The smallest absolute Gasteiger partial charge is 0.226 e. The Morgan fingerprint density at radius 2 is 1.95 bits per heavy atom. The van der Waals surface area contributed by atoms with E-state index in [-0.39, 0.29) is 0 Å². The Hall–Kier alpha value is -1.75. The van der Waals surface area contributed by atoms with Gasteiger partial charge in [-0.2, -0.15) is 4.98 Å². The van der Waals surface area contributed by atoms with Crippen LogP contribution in [0.1, 0.15) is 32.6 Å². The van der Waals surface area contributed by atoms with Gasteiger partial charge in [-0.3, -0.25) is 4.98 Å². The molecule has 5 heteroatoms. The molecule has 0 bridgehead atoms. The first-order valence-corrected chi connectivity index (χ1v) is 7.13. The quantitative estimate of drug-likeness (QED) is 0.839. The zero-order valence-electron chi connectivity index (χ0n) is 12.1. The standard InChI is InChI=1S/C15H22N4O/c1-11(2)12(5-8-16)3-4-14-18-15(19-20-14)13-6-9-17-10-7-13/h6-7,9-12H,3-5,8,16H2,1-2H3. The minimum atomic E-state index is 0.608. The van der Waals surface area contributed by atoms with Gasteiger partial charge in [0.05, 0.1) is 0 Å². The van der Waals surface area contributed by atoms with Crippen molar-refractivity contribution in [2.24, 2.45) is 17.6 Å². The summed E-state index contributed by atoms with van der Waals surface area (Å²) in [6.07, 6.45) is 6.33. The number of hydrogen-bond acceptors (Lipinski definition) is 5. The molecule has 1 atom stereocenters. The molecular weight excluding hydrogens is 252 g/mol. The lowest BCUT2D eigenvalue weighted by Crippen LogP contribution is -2.15. The summed E-state index contributed by atoms with van der Waals surface area (Å²) in [5.41, 5.74) is 6.59. The topological polar surface area (TPSA) is 77.8 Å². The third-order valence-corrected chi connectivity index (χ3v) is 3.62. The van der Waals surface area contributed by atoms with Crippen molar-refractivity contribution in [1.82, 2.24) is 15.1 Å². The fourth-order valence-corrected chi connectivity index (χ4v) is 2.31. The van der Waals surface area contributed by atoms with Gasteiger partial charge < -0.3 is 10.3 Å². The first-order valence-electron chi connectivity index (χ1n) is 7.13. The Morgan fingerprint density at radius 3 is 2.60 bits per heavy atom. The Morgan fingerprint density at radius 1 is 1.20 bits per heavy atom. The van der Waals surface area contributed by atoms with E-state index in [0.29, 0.717) is 23.6 Å². The average Bonchev–Trinajstić information content (AvgIpc) is 2.93. The van der Waals surface area contributed by atoms with E-state index < -0.39 is 0 Å². The van der Waals surface area contributed by atoms with Crippen LogP contribution in [0.3, 0.4) is 0 Å². The van der Waals surface area contributed by atoms with Crippen LogP contribution in [0, 0.1) is 11.8 Å². The molecule has 2 N–H and O–H groups in total. The van der Waals surface area contributed by atoms with Gasteiger partial charge in [-0.25, -0.2) is 0 Å². The molecule has 5 nitrogen and oxygen atoms in total. The molecule has 0 fully saturated rings. The van der Waals surface area contributed by atoms with Crippen molar-refractivity contribution in [2.45, 2.75) is 33.1 Å². The summed E-state index contributed by atoms with van der Waals surface area (Å²) >= 11 is 0. The zero-order chi connectivity index (χ0) is 14.4. The molecule has 1 unspecified atom stereocenters. The Bertz CT molecular complexity index is 510. The second-order valence-corrected chi connectivity index (χ2v) is 5.37. The van der Waals surface area contributed by atoms with Crippen LogP contribution in [0.2, 0.25) is 0 Å². The van der Waals surface area contributed by atoms with E-state index in [1.54, 1.807) is 12.4 Å². The number of pyridine rings is 1. The second kappa shape index (κ2) is 7.14. The predicted molar refractivity (Wildman–Crippen MR) is 77.8 cm³/mol. The van der Waals surface area contributed by atoms with Crippen LogP contribution in [0.25, 0.3) is 11.4 Å². The van der Waals surface area contributed by atoms with E-state index >= 15 is 0 Å². The minimum Gasteiger partial charge on any atom is -0.339 e. The van der Waals surface area contributed by atoms with Crippen LogP contribution in [-0.4, -0.2) is 21.7 Å². The van der Waals surface area contributed by atoms with Crippen molar-refractivity contribution < 1.29 is 4.52 Å². The normalized spacial score (nSPS) is 12.8. The zero-order valence-corrected chi connectivity index (χ0v) is 12.1. The Kier molecular flexibility index (Phi) is 5.24. The van der Waals surface area contributed by atoms with E-state index in [9.17, 15) is 0 Å². The summed E-state index contributed by atoms with van der Waals surface area (Å²) in [6.45, 7) is 5.20. The number of nitrogens with zero attached hydrogens (tertiary/aromatic N) is 3. The predicted octanol–water partition coefficient (Wildman–Crippen LogP) is 2.69. The molecular formula is C15H22N4O. The first kappa shape index (κ1) is 14.7. The lowest BCUT2D eigenvalue weighted by atomic mass is 9.88. The minimum absolute atomic E-state index is 0.608. The van der Waals surface area contributed by atoms with Crippen molar-refractivity contribution in [1.29, 1.82) is 0 Å². The van der Waals surface area contributed by atoms with Gasteiger partial charge in [-0.15, -0.1) is 0 Å². The van der Waals surface area contributed by atoms with Crippen molar-refractivity contribution in [2.75, 3.05) is 6.54 Å². The average molecular weight is 274 g/mol. The van der Waals surface area contributed by atoms with Gasteiger partial charge in [0.2, 0.25) is 11.7 Å². The van der Waals surface area contributed by atoms with Crippen LogP contribution in [-0.2, 0) is 6.42 Å². The summed E-state index contributed by atoms with van der Waals surface area (Å²) in [5.74, 6) is 2.55. The van der Waals surface area contributed by atoms with Crippen LogP contribution in [0.5, 0.6) is 0 Å². The van der Waals surface area contributed by atoms with Gasteiger partial charge in [-0.05, 0) is 43.4 Å². The highest BCUT2D eigenvalue weighted by atomic mass is 16.5. The van der Waals surface area contributed by atoms with E-state index in [2.05, 4.69) is 29.0 Å². The number of hydrogen-bond donors (Lipinski definition) is 1. The number of rotatable bonds is 7. The molecule has 0 saturated carbocycles.